The quantitative estimate of drug-likeness (QED) is 0.821. The van der Waals surface area contributed by atoms with Gasteiger partial charge in [-0.15, -0.1) is 0 Å². The fourth-order valence-corrected chi connectivity index (χ4v) is 6.11. The second-order valence-corrected chi connectivity index (χ2v) is 8.45. The Morgan fingerprint density at radius 2 is 1.76 bits per heavy atom. The van der Waals surface area contributed by atoms with Gasteiger partial charge in [0.1, 0.15) is 5.82 Å². The van der Waals surface area contributed by atoms with Crippen LogP contribution in [0.3, 0.4) is 0 Å². The summed E-state index contributed by atoms with van der Waals surface area (Å²) in [5.41, 5.74) is 6.10. The first-order valence-electron chi connectivity index (χ1n) is 8.29. The van der Waals surface area contributed by atoms with E-state index < -0.39 is 20.5 Å². The maximum Gasteiger partial charge on any atom is 0.182 e. The molecule has 0 saturated heterocycles. The average molecular weight is 363 g/mol. The number of ether oxygens (including phenoxy) is 1. The summed E-state index contributed by atoms with van der Waals surface area (Å²) in [4.78, 5) is 0.277. The third-order valence-electron chi connectivity index (χ3n) is 4.97. The van der Waals surface area contributed by atoms with Crippen molar-refractivity contribution >= 4 is 9.84 Å². The lowest BCUT2D eigenvalue weighted by Gasteiger charge is -2.16. The van der Waals surface area contributed by atoms with Crippen molar-refractivity contribution in [1.29, 1.82) is 0 Å². The molecule has 0 aliphatic heterocycles. The molecule has 0 spiro atoms. The lowest BCUT2D eigenvalue weighted by molar-refractivity contribution is 0.101. The van der Waals surface area contributed by atoms with E-state index in [-0.39, 0.29) is 29.8 Å². The number of benzene rings is 2. The largest absolute Gasteiger partial charge is 0.381 e. The second-order valence-electron chi connectivity index (χ2n) is 6.38. The zero-order valence-electron chi connectivity index (χ0n) is 14.1. The average Bonchev–Trinajstić information content (AvgIpc) is 3.31. The van der Waals surface area contributed by atoms with Gasteiger partial charge in [-0.1, -0.05) is 30.3 Å². The highest BCUT2D eigenvalue weighted by molar-refractivity contribution is 7.92. The maximum atomic E-state index is 13.3. The first-order chi connectivity index (χ1) is 12.0. The van der Waals surface area contributed by atoms with Crippen molar-refractivity contribution in [1.82, 2.24) is 0 Å². The molecule has 2 aromatic rings. The molecule has 25 heavy (non-hydrogen) atoms. The van der Waals surface area contributed by atoms with E-state index in [2.05, 4.69) is 0 Å². The van der Waals surface area contributed by atoms with Gasteiger partial charge in [0.2, 0.25) is 0 Å². The van der Waals surface area contributed by atoms with Crippen LogP contribution >= 0.6 is 0 Å². The molecule has 0 bridgehead atoms. The van der Waals surface area contributed by atoms with Crippen molar-refractivity contribution in [3.05, 3.63) is 66.0 Å². The molecule has 2 N–H and O–H groups in total. The molecule has 134 valence electrons. The minimum absolute atomic E-state index is 0.186. The summed E-state index contributed by atoms with van der Waals surface area (Å²) in [5, 5.41) is -0.676. The smallest absolute Gasteiger partial charge is 0.182 e. The summed E-state index contributed by atoms with van der Waals surface area (Å²) >= 11 is 0. The number of rotatable bonds is 7. The molecule has 0 unspecified atom stereocenters. The van der Waals surface area contributed by atoms with Crippen LogP contribution in [-0.2, 0) is 14.6 Å². The maximum absolute atomic E-state index is 13.3. The summed E-state index contributed by atoms with van der Waals surface area (Å²) in [5.74, 6) is -0.662. The first-order valence-corrected chi connectivity index (χ1v) is 9.84. The summed E-state index contributed by atoms with van der Waals surface area (Å²) in [6.07, 6.45) is 0. The van der Waals surface area contributed by atoms with E-state index in [0.29, 0.717) is 6.61 Å². The van der Waals surface area contributed by atoms with Crippen LogP contribution in [0.5, 0.6) is 0 Å². The molecule has 0 heterocycles. The van der Waals surface area contributed by atoms with Crippen molar-refractivity contribution in [2.45, 2.75) is 23.0 Å². The standard InChI is InChI=1S/C19H22FNO3S/c1-2-24-13-19(12-21)17(14-8-10-15(20)11-9-14)18(19)25(22,23)16-6-4-3-5-7-16/h3-11,17-18H,2,12-13,21H2,1H3/t17-,18-,19+/m0/s1. The van der Waals surface area contributed by atoms with Crippen LogP contribution in [0, 0.1) is 11.2 Å². The van der Waals surface area contributed by atoms with Gasteiger partial charge >= 0.3 is 0 Å². The van der Waals surface area contributed by atoms with Crippen LogP contribution in [0.25, 0.3) is 0 Å². The zero-order valence-corrected chi connectivity index (χ0v) is 14.9. The molecule has 0 amide bonds. The van der Waals surface area contributed by atoms with Crippen LogP contribution in [0.4, 0.5) is 4.39 Å². The van der Waals surface area contributed by atoms with Crippen LogP contribution in [0.15, 0.2) is 59.5 Å². The number of sulfone groups is 1. The minimum Gasteiger partial charge on any atom is -0.381 e. The van der Waals surface area contributed by atoms with Gasteiger partial charge in [0.25, 0.3) is 0 Å². The van der Waals surface area contributed by atoms with Crippen LogP contribution in [0.2, 0.25) is 0 Å². The minimum atomic E-state index is -3.58. The highest BCUT2D eigenvalue weighted by atomic mass is 32.2. The number of hydrogen-bond donors (Lipinski definition) is 1. The molecular weight excluding hydrogens is 341 g/mol. The molecule has 1 aliphatic rings. The third kappa shape index (κ3) is 3.10. The lowest BCUT2D eigenvalue weighted by Crippen LogP contribution is -2.29. The Kier molecular flexibility index (Phi) is 4.95. The molecule has 1 saturated carbocycles. The molecular formula is C19H22FNO3S. The van der Waals surface area contributed by atoms with E-state index in [1.807, 2.05) is 6.92 Å². The van der Waals surface area contributed by atoms with Crippen LogP contribution in [-0.4, -0.2) is 33.4 Å². The molecule has 1 aliphatic carbocycles. The Bertz CT molecular complexity index is 824. The highest BCUT2D eigenvalue weighted by Gasteiger charge is 2.70. The molecule has 1 fully saturated rings. The Morgan fingerprint density at radius 3 is 2.32 bits per heavy atom. The van der Waals surface area contributed by atoms with Gasteiger partial charge in [-0.25, -0.2) is 12.8 Å². The predicted octanol–water partition coefficient (Wildman–Crippen LogP) is 2.75. The van der Waals surface area contributed by atoms with Crippen LogP contribution < -0.4 is 5.73 Å². The fraction of sp³-hybridized carbons (Fsp3) is 0.368. The number of halogens is 1. The summed E-state index contributed by atoms with van der Waals surface area (Å²) < 4.78 is 45.2. The zero-order chi connectivity index (χ0) is 18.1. The van der Waals surface area contributed by atoms with Crippen LogP contribution in [0.1, 0.15) is 18.4 Å². The Balaban J connectivity index is 2.04. The van der Waals surface area contributed by atoms with Crippen molar-refractivity contribution in [2.75, 3.05) is 19.8 Å². The van der Waals surface area contributed by atoms with Gasteiger partial charge in [0.15, 0.2) is 9.84 Å². The van der Waals surface area contributed by atoms with E-state index in [0.717, 1.165) is 5.56 Å². The second kappa shape index (κ2) is 6.86. The molecule has 0 aromatic heterocycles. The summed E-state index contributed by atoms with van der Waals surface area (Å²) in [6.45, 7) is 2.79. The van der Waals surface area contributed by atoms with Gasteiger partial charge in [-0.05, 0) is 36.8 Å². The van der Waals surface area contributed by atoms with E-state index >= 15 is 0 Å². The lowest BCUT2D eigenvalue weighted by atomic mass is 10.00. The first kappa shape index (κ1) is 18.0. The SMILES string of the molecule is CCOC[C@]1(CN)[C@@H](c2ccc(F)cc2)[C@@H]1S(=O)(=O)c1ccccc1. The normalized spacial score (nSPS) is 25.7. The molecule has 2 aromatic carbocycles. The monoisotopic (exact) mass is 363 g/mol. The van der Waals surface area contributed by atoms with Gasteiger partial charge in [-0.2, -0.15) is 0 Å². The van der Waals surface area contributed by atoms with E-state index in [1.54, 1.807) is 42.5 Å². The van der Waals surface area contributed by atoms with Crippen molar-refractivity contribution in [3.8, 4) is 0 Å². The van der Waals surface area contributed by atoms with Gasteiger partial charge in [-0.3, -0.25) is 0 Å². The predicted molar refractivity (Wildman–Crippen MR) is 94.5 cm³/mol. The van der Waals surface area contributed by atoms with E-state index in [9.17, 15) is 12.8 Å². The topological polar surface area (TPSA) is 69.4 Å². The molecule has 3 atom stereocenters. The van der Waals surface area contributed by atoms with Gasteiger partial charge in [0.05, 0.1) is 16.8 Å². The number of nitrogens with two attached hydrogens (primary N) is 1. The molecule has 4 nitrogen and oxygen atoms in total. The molecule has 0 radical (unpaired) electrons. The summed E-state index contributed by atoms with van der Waals surface area (Å²) in [7, 11) is -3.58. The van der Waals surface area contributed by atoms with E-state index in [1.165, 1.54) is 12.1 Å². The van der Waals surface area contributed by atoms with Crippen molar-refractivity contribution < 1.29 is 17.5 Å². The third-order valence-corrected chi connectivity index (χ3v) is 7.31. The Morgan fingerprint density at radius 1 is 1.12 bits per heavy atom. The summed E-state index contributed by atoms with van der Waals surface area (Å²) in [6, 6.07) is 14.3. The number of hydrogen-bond acceptors (Lipinski definition) is 4. The van der Waals surface area contributed by atoms with E-state index in [4.69, 9.17) is 10.5 Å². The molecule has 6 heteroatoms. The Hall–Kier alpha value is -1.76. The Labute approximate surface area is 147 Å². The van der Waals surface area contributed by atoms with Gasteiger partial charge < -0.3 is 10.5 Å². The van der Waals surface area contributed by atoms with Crippen molar-refractivity contribution in [2.24, 2.45) is 11.1 Å². The van der Waals surface area contributed by atoms with Crippen molar-refractivity contribution in [3.63, 3.8) is 0 Å². The molecule has 3 rings (SSSR count). The highest BCUT2D eigenvalue weighted by Crippen LogP contribution is 2.63. The fourth-order valence-electron chi connectivity index (χ4n) is 3.64. The van der Waals surface area contributed by atoms with Gasteiger partial charge in [0, 0.05) is 24.5 Å².